The van der Waals surface area contributed by atoms with E-state index in [4.69, 9.17) is 24.3 Å². The molecule has 4 aromatic carbocycles. The van der Waals surface area contributed by atoms with Crippen molar-refractivity contribution in [2.24, 2.45) is 0 Å². The number of rotatable bonds is 10. The van der Waals surface area contributed by atoms with Crippen LogP contribution in [0.25, 0.3) is 32.5 Å². The quantitative estimate of drug-likeness (QED) is 0.195. The highest BCUT2D eigenvalue weighted by molar-refractivity contribution is 7.15. The van der Waals surface area contributed by atoms with E-state index in [1.165, 1.54) is 10.8 Å². The summed E-state index contributed by atoms with van der Waals surface area (Å²) in [5, 5.41) is 12.1. The largest absolute Gasteiger partial charge is 0.491 e. The van der Waals surface area contributed by atoms with Crippen LogP contribution in [0, 0.1) is 6.92 Å². The number of aliphatic carboxylic acids is 1. The molecule has 0 saturated carbocycles. The molecule has 0 unspecified atom stereocenters. The first-order valence-electron chi connectivity index (χ1n) is 12.7. The molecule has 1 aromatic heterocycles. The zero-order chi connectivity index (χ0) is 27.4. The van der Waals surface area contributed by atoms with E-state index in [0.717, 1.165) is 38.0 Å². The van der Waals surface area contributed by atoms with E-state index in [1.54, 1.807) is 23.5 Å². The second-order valence-corrected chi connectivity index (χ2v) is 10.5. The van der Waals surface area contributed by atoms with Crippen LogP contribution in [0.5, 0.6) is 17.2 Å². The van der Waals surface area contributed by atoms with Crippen molar-refractivity contribution >= 4 is 28.1 Å². The number of carboxylic acids is 1. The van der Waals surface area contributed by atoms with Gasteiger partial charge in [-0.05, 0) is 91.2 Å². The Morgan fingerprint density at radius 2 is 1.59 bits per heavy atom. The predicted octanol–water partition coefficient (Wildman–Crippen LogP) is 7.77. The van der Waals surface area contributed by atoms with Gasteiger partial charge in [0.2, 0.25) is 0 Å². The number of benzene rings is 4. The van der Waals surface area contributed by atoms with Crippen LogP contribution in [-0.4, -0.2) is 28.8 Å². The first-order valence-corrected chi connectivity index (χ1v) is 13.5. The van der Waals surface area contributed by atoms with Crippen LogP contribution in [-0.2, 0) is 11.4 Å². The Bertz CT molecular complexity index is 1610. The maximum absolute atomic E-state index is 10.8. The maximum Gasteiger partial charge on any atom is 0.341 e. The second kappa shape index (κ2) is 11.6. The average Bonchev–Trinajstić information content (AvgIpc) is 3.35. The molecule has 1 heterocycles. The Morgan fingerprint density at radius 3 is 2.31 bits per heavy atom. The van der Waals surface area contributed by atoms with Crippen LogP contribution in [0.1, 0.15) is 24.4 Å². The van der Waals surface area contributed by atoms with E-state index in [2.05, 4.69) is 30.3 Å². The van der Waals surface area contributed by atoms with Gasteiger partial charge in [-0.15, -0.1) is 11.3 Å². The highest BCUT2D eigenvalue weighted by Gasteiger charge is 2.17. The topological polar surface area (TPSA) is 77.9 Å². The summed E-state index contributed by atoms with van der Waals surface area (Å²) in [6.45, 7) is 5.79. The van der Waals surface area contributed by atoms with Crippen molar-refractivity contribution in [2.45, 2.75) is 33.5 Å². The number of carbonyl (C=O) groups is 1. The molecule has 0 radical (unpaired) electrons. The minimum atomic E-state index is -1.02. The normalized spacial score (nSPS) is 11.1. The first-order chi connectivity index (χ1) is 18.9. The van der Waals surface area contributed by atoms with E-state index >= 15 is 0 Å². The summed E-state index contributed by atoms with van der Waals surface area (Å²) in [7, 11) is 0. The summed E-state index contributed by atoms with van der Waals surface area (Å²) in [5.74, 6) is 0.990. The number of thiazole rings is 1. The summed E-state index contributed by atoms with van der Waals surface area (Å²) in [5.41, 5.74) is 3.81. The fraction of sp³-hybridized carbons (Fsp3) is 0.188. The van der Waals surface area contributed by atoms with Gasteiger partial charge in [0.1, 0.15) is 28.9 Å². The number of hydrogen-bond acceptors (Lipinski definition) is 6. The molecule has 6 nitrogen and oxygen atoms in total. The van der Waals surface area contributed by atoms with Crippen molar-refractivity contribution in [3.05, 3.63) is 95.5 Å². The molecule has 0 aliphatic rings. The van der Waals surface area contributed by atoms with E-state index in [-0.39, 0.29) is 12.7 Å². The number of ether oxygens (including phenoxy) is 3. The summed E-state index contributed by atoms with van der Waals surface area (Å²) < 4.78 is 17.2. The molecule has 0 aliphatic carbocycles. The smallest absolute Gasteiger partial charge is 0.341 e. The van der Waals surface area contributed by atoms with Crippen molar-refractivity contribution in [3.8, 4) is 38.9 Å². The fourth-order valence-electron chi connectivity index (χ4n) is 4.27. The SMILES string of the molecule is Cc1cc(OCc2nc(-c3ccc(OC(C)C)cc3)c(-c3ccc4ccccc4c3)s2)ccc1OCC(=O)O. The lowest BCUT2D eigenvalue weighted by Gasteiger charge is -2.10. The number of hydrogen-bond donors (Lipinski definition) is 1. The van der Waals surface area contributed by atoms with Gasteiger partial charge in [-0.1, -0.05) is 36.4 Å². The van der Waals surface area contributed by atoms with Gasteiger partial charge >= 0.3 is 5.97 Å². The zero-order valence-electron chi connectivity index (χ0n) is 22.0. The van der Waals surface area contributed by atoms with Crippen LogP contribution in [0.3, 0.4) is 0 Å². The number of aryl methyl sites for hydroxylation is 1. The summed E-state index contributed by atoms with van der Waals surface area (Å²) in [4.78, 5) is 16.9. The molecule has 0 aliphatic heterocycles. The third kappa shape index (κ3) is 6.38. The minimum Gasteiger partial charge on any atom is -0.491 e. The highest BCUT2D eigenvalue weighted by Crippen LogP contribution is 2.39. The van der Waals surface area contributed by atoms with E-state index < -0.39 is 5.97 Å². The van der Waals surface area contributed by atoms with Crippen molar-refractivity contribution in [2.75, 3.05) is 6.61 Å². The van der Waals surface area contributed by atoms with Gasteiger partial charge in [0, 0.05) is 5.56 Å². The molecule has 0 fully saturated rings. The van der Waals surface area contributed by atoms with Crippen LogP contribution in [0.15, 0.2) is 84.9 Å². The van der Waals surface area contributed by atoms with Crippen molar-refractivity contribution in [1.82, 2.24) is 4.98 Å². The van der Waals surface area contributed by atoms with Crippen LogP contribution >= 0.6 is 11.3 Å². The summed E-state index contributed by atoms with van der Waals surface area (Å²) in [6, 6.07) is 28.2. The zero-order valence-corrected chi connectivity index (χ0v) is 22.8. The van der Waals surface area contributed by atoms with E-state index in [0.29, 0.717) is 18.1 Å². The molecular formula is C32H29NO5S. The van der Waals surface area contributed by atoms with Gasteiger partial charge in [-0.3, -0.25) is 0 Å². The molecule has 0 amide bonds. The Hall–Kier alpha value is -4.36. The fourth-order valence-corrected chi connectivity index (χ4v) is 5.27. The Labute approximate surface area is 231 Å². The van der Waals surface area contributed by atoms with Gasteiger partial charge in [-0.2, -0.15) is 0 Å². The lowest BCUT2D eigenvalue weighted by molar-refractivity contribution is -0.139. The van der Waals surface area contributed by atoms with Crippen LogP contribution in [0.2, 0.25) is 0 Å². The number of nitrogens with zero attached hydrogens (tertiary/aromatic N) is 1. The Balaban J connectivity index is 1.44. The summed E-state index contributed by atoms with van der Waals surface area (Å²) in [6.07, 6.45) is 0.105. The first kappa shape index (κ1) is 26.3. The number of fused-ring (bicyclic) bond motifs is 1. The molecule has 5 aromatic rings. The van der Waals surface area contributed by atoms with Gasteiger partial charge in [0.15, 0.2) is 6.61 Å². The van der Waals surface area contributed by atoms with Gasteiger partial charge in [-0.25, -0.2) is 9.78 Å². The number of aromatic nitrogens is 1. The van der Waals surface area contributed by atoms with Crippen LogP contribution < -0.4 is 14.2 Å². The lowest BCUT2D eigenvalue weighted by atomic mass is 10.0. The highest BCUT2D eigenvalue weighted by atomic mass is 32.1. The standard InChI is InChI=1S/C32H29NO5S/c1-20(2)38-26-12-10-23(11-13-26)31-32(25-9-8-22-6-4-5-7-24(22)17-25)39-29(33-31)18-36-27-14-15-28(21(3)16-27)37-19-30(34)35/h4-17,20H,18-19H2,1-3H3,(H,34,35). The van der Waals surface area contributed by atoms with Crippen molar-refractivity contribution in [1.29, 1.82) is 0 Å². The molecule has 7 heteroatoms. The third-order valence-electron chi connectivity index (χ3n) is 6.04. The molecule has 0 saturated heterocycles. The van der Waals surface area contributed by atoms with Gasteiger partial charge in [0.05, 0.1) is 16.7 Å². The van der Waals surface area contributed by atoms with E-state index in [9.17, 15) is 4.79 Å². The molecular weight excluding hydrogens is 510 g/mol. The molecule has 39 heavy (non-hydrogen) atoms. The third-order valence-corrected chi connectivity index (χ3v) is 7.12. The van der Waals surface area contributed by atoms with E-state index in [1.807, 2.05) is 63.2 Å². The lowest BCUT2D eigenvalue weighted by Crippen LogP contribution is -2.10. The average molecular weight is 540 g/mol. The molecule has 5 rings (SSSR count). The molecule has 0 spiro atoms. The maximum atomic E-state index is 10.8. The molecule has 198 valence electrons. The minimum absolute atomic E-state index is 0.105. The Morgan fingerprint density at radius 1 is 0.872 bits per heavy atom. The molecule has 1 N–H and O–H groups in total. The van der Waals surface area contributed by atoms with Crippen molar-refractivity contribution in [3.63, 3.8) is 0 Å². The van der Waals surface area contributed by atoms with Crippen LogP contribution in [0.4, 0.5) is 0 Å². The number of carboxylic acid groups (broad SMARTS) is 1. The monoisotopic (exact) mass is 539 g/mol. The Kier molecular flexibility index (Phi) is 7.79. The predicted molar refractivity (Wildman–Crippen MR) is 155 cm³/mol. The van der Waals surface area contributed by atoms with Gasteiger partial charge in [0.25, 0.3) is 0 Å². The molecule has 0 atom stereocenters. The summed E-state index contributed by atoms with van der Waals surface area (Å²) >= 11 is 1.61. The van der Waals surface area contributed by atoms with Crippen molar-refractivity contribution < 1.29 is 24.1 Å². The molecule has 0 bridgehead atoms. The van der Waals surface area contributed by atoms with Gasteiger partial charge < -0.3 is 19.3 Å². The second-order valence-electron chi connectivity index (χ2n) is 9.44.